The molecule has 3 nitrogen and oxygen atoms in total. The van der Waals surface area contributed by atoms with E-state index in [9.17, 15) is 0 Å². The number of epoxide rings is 2. The number of hydrogen-bond donors (Lipinski definition) is 0. The van der Waals surface area contributed by atoms with Gasteiger partial charge in [0.25, 0.3) is 0 Å². The lowest BCUT2D eigenvalue weighted by Gasteiger charge is -2.38. The van der Waals surface area contributed by atoms with Crippen molar-refractivity contribution in [3.05, 3.63) is 0 Å². The maximum Gasteiger partial charge on any atom is 0.173 e. The van der Waals surface area contributed by atoms with Gasteiger partial charge in [0.1, 0.15) is 0 Å². The fourth-order valence-electron chi connectivity index (χ4n) is 8.11. The molecule has 2 aliphatic heterocycles. The molecule has 0 spiro atoms. The van der Waals surface area contributed by atoms with Gasteiger partial charge in [0.15, 0.2) is 16.6 Å². The van der Waals surface area contributed by atoms with Crippen molar-refractivity contribution in [2.75, 3.05) is 0 Å². The summed E-state index contributed by atoms with van der Waals surface area (Å²) >= 11 is 0. The zero-order valence-electron chi connectivity index (χ0n) is 17.8. The molecule has 6 aliphatic rings. The van der Waals surface area contributed by atoms with Gasteiger partial charge in [0.05, 0.1) is 24.4 Å². The van der Waals surface area contributed by atoms with Crippen LogP contribution in [0.25, 0.3) is 0 Å². The Balaban J connectivity index is 1.04. The highest BCUT2D eigenvalue weighted by atomic mass is 28.4. The average molecular weight is 407 g/mol. The Kier molecular flexibility index (Phi) is 3.70. The first-order valence-corrected chi connectivity index (χ1v) is 18.0. The molecular formula is C22H38O3Si2. The van der Waals surface area contributed by atoms with Crippen molar-refractivity contribution in [3.63, 3.8) is 0 Å². The van der Waals surface area contributed by atoms with Crippen molar-refractivity contribution in [2.45, 2.75) is 114 Å². The smallest absolute Gasteiger partial charge is 0.173 e. The highest BCUT2D eigenvalue weighted by Crippen LogP contribution is 2.67. The van der Waals surface area contributed by atoms with Gasteiger partial charge in [-0.2, -0.15) is 0 Å². The molecule has 8 atom stereocenters. The van der Waals surface area contributed by atoms with Crippen molar-refractivity contribution < 1.29 is 13.6 Å². The first-order valence-electron chi connectivity index (χ1n) is 11.7. The Morgan fingerprint density at radius 2 is 1.22 bits per heavy atom. The third kappa shape index (κ3) is 2.82. The molecule has 6 fully saturated rings. The number of hydrogen-bond acceptors (Lipinski definition) is 3. The summed E-state index contributed by atoms with van der Waals surface area (Å²) in [6, 6.07) is 2.67. The van der Waals surface area contributed by atoms with Crippen molar-refractivity contribution in [3.8, 4) is 0 Å². The highest BCUT2D eigenvalue weighted by molar-refractivity contribution is 6.84. The van der Waals surface area contributed by atoms with E-state index in [2.05, 4.69) is 26.2 Å². The average Bonchev–Trinajstić information content (AvgIpc) is 3.47. The Bertz CT molecular complexity index is 597. The minimum Gasteiger partial charge on any atom is -0.455 e. The molecule has 0 aromatic heterocycles. The summed E-state index contributed by atoms with van der Waals surface area (Å²) < 4.78 is 19.1. The normalized spacial score (nSPS) is 51.6. The van der Waals surface area contributed by atoms with E-state index in [1.807, 2.05) is 0 Å². The van der Waals surface area contributed by atoms with Gasteiger partial charge in [-0.1, -0.05) is 0 Å². The summed E-state index contributed by atoms with van der Waals surface area (Å²) in [5.74, 6) is 1.81. The molecule has 0 N–H and O–H groups in total. The highest BCUT2D eigenvalue weighted by Gasteiger charge is 2.68. The van der Waals surface area contributed by atoms with Gasteiger partial charge in [0.2, 0.25) is 0 Å². The summed E-state index contributed by atoms with van der Waals surface area (Å²) in [6.07, 6.45) is 14.0. The monoisotopic (exact) mass is 406 g/mol. The molecule has 0 radical (unpaired) electrons. The van der Waals surface area contributed by atoms with Crippen LogP contribution in [-0.2, 0) is 13.6 Å². The lowest BCUT2D eigenvalue weighted by Crippen LogP contribution is -2.45. The second kappa shape index (κ2) is 5.51. The molecule has 5 heteroatoms. The summed E-state index contributed by atoms with van der Waals surface area (Å²) in [4.78, 5) is 0. The lowest BCUT2D eigenvalue weighted by atomic mass is 9.81. The van der Waals surface area contributed by atoms with E-state index < -0.39 is 16.6 Å². The van der Waals surface area contributed by atoms with Crippen molar-refractivity contribution in [1.29, 1.82) is 0 Å². The van der Waals surface area contributed by atoms with E-state index in [0.717, 1.165) is 11.8 Å². The second-order valence-electron chi connectivity index (χ2n) is 12.4. The van der Waals surface area contributed by atoms with Crippen LogP contribution in [-0.4, -0.2) is 41.1 Å². The lowest BCUT2D eigenvalue weighted by molar-refractivity contribution is 0.169. The molecule has 0 aromatic rings. The van der Waals surface area contributed by atoms with E-state index in [0.29, 0.717) is 35.2 Å². The zero-order chi connectivity index (χ0) is 18.7. The van der Waals surface area contributed by atoms with Gasteiger partial charge in [0, 0.05) is 0 Å². The molecule has 2 heterocycles. The van der Waals surface area contributed by atoms with Crippen molar-refractivity contribution in [1.82, 2.24) is 0 Å². The summed E-state index contributed by atoms with van der Waals surface area (Å²) in [7, 11) is -3.19. The molecule has 4 aliphatic carbocycles. The fraction of sp³-hybridized carbons (Fsp3) is 1.00. The fourth-order valence-corrected chi connectivity index (χ4v) is 17.1. The van der Waals surface area contributed by atoms with Crippen LogP contribution in [0.15, 0.2) is 0 Å². The third-order valence-electron chi connectivity index (χ3n) is 9.55. The molecule has 0 aromatic carbocycles. The Morgan fingerprint density at radius 3 is 1.59 bits per heavy atom. The van der Waals surface area contributed by atoms with E-state index in [1.165, 1.54) is 63.5 Å². The maximum absolute atomic E-state index is 7.04. The Morgan fingerprint density at radius 1 is 0.778 bits per heavy atom. The van der Waals surface area contributed by atoms with Crippen LogP contribution in [0.3, 0.4) is 0 Å². The van der Waals surface area contributed by atoms with E-state index in [-0.39, 0.29) is 0 Å². The molecule has 6 rings (SSSR count). The molecular weight excluding hydrogens is 368 g/mol. The van der Waals surface area contributed by atoms with Gasteiger partial charge in [-0.3, -0.25) is 0 Å². The van der Waals surface area contributed by atoms with Gasteiger partial charge in [-0.15, -0.1) is 0 Å². The van der Waals surface area contributed by atoms with Crippen LogP contribution < -0.4 is 0 Å². The minimum atomic E-state index is -1.59. The molecule has 8 unspecified atom stereocenters. The first-order chi connectivity index (χ1) is 12.7. The summed E-state index contributed by atoms with van der Waals surface area (Å²) in [5.41, 5.74) is 1.10. The zero-order valence-corrected chi connectivity index (χ0v) is 19.8. The summed E-state index contributed by atoms with van der Waals surface area (Å²) in [6.45, 7) is 9.96. The Labute approximate surface area is 167 Å². The summed E-state index contributed by atoms with van der Waals surface area (Å²) in [5, 5.41) is 0. The standard InChI is InChI=1S/C22H38O3Si2/c1-26(2,11-9-21-7-5-15(13-21)17-19(21)23-17)25-27(3,4)12-10-22-8-6-16(14-22)18-20(22)24-18/h15-20H,5-14H2,1-4H3. The SMILES string of the molecule is C[Si](C)(CCC12CCC(C1)C1OC12)O[Si](C)(C)CCC12CCC(C1)C1OC12. The second-order valence-corrected chi connectivity index (χ2v) is 21.2. The molecule has 4 saturated carbocycles. The van der Waals surface area contributed by atoms with E-state index >= 15 is 0 Å². The predicted molar refractivity (Wildman–Crippen MR) is 112 cm³/mol. The van der Waals surface area contributed by atoms with Crippen LogP contribution in [0.1, 0.15) is 51.4 Å². The molecule has 2 saturated heterocycles. The third-order valence-corrected chi connectivity index (χ3v) is 16.9. The van der Waals surface area contributed by atoms with E-state index in [1.54, 1.807) is 0 Å². The minimum absolute atomic E-state index is 0.550. The largest absolute Gasteiger partial charge is 0.455 e. The molecule has 152 valence electrons. The molecule has 0 amide bonds. The van der Waals surface area contributed by atoms with Crippen LogP contribution in [0.5, 0.6) is 0 Å². The number of rotatable bonds is 8. The molecule has 27 heavy (non-hydrogen) atoms. The quantitative estimate of drug-likeness (QED) is 0.404. The number of fused-ring (bicyclic) bond motifs is 10. The predicted octanol–water partition coefficient (Wildman–Crippen LogP) is 5.33. The van der Waals surface area contributed by atoms with Crippen molar-refractivity contribution >= 4 is 16.6 Å². The van der Waals surface area contributed by atoms with E-state index in [4.69, 9.17) is 13.6 Å². The van der Waals surface area contributed by atoms with Gasteiger partial charge in [-0.05, 0) is 112 Å². The van der Waals surface area contributed by atoms with Crippen molar-refractivity contribution in [2.24, 2.45) is 22.7 Å². The van der Waals surface area contributed by atoms with Crippen LogP contribution in [0.2, 0.25) is 38.3 Å². The first kappa shape index (κ1) is 18.1. The van der Waals surface area contributed by atoms with Gasteiger partial charge >= 0.3 is 0 Å². The van der Waals surface area contributed by atoms with Gasteiger partial charge in [-0.25, -0.2) is 0 Å². The molecule has 4 bridgehead atoms. The van der Waals surface area contributed by atoms with Crippen LogP contribution in [0.4, 0.5) is 0 Å². The maximum atomic E-state index is 7.04. The number of ether oxygens (including phenoxy) is 2. The Hall–Kier alpha value is 0.314. The van der Waals surface area contributed by atoms with Crippen LogP contribution in [0, 0.1) is 22.7 Å². The topological polar surface area (TPSA) is 34.3 Å². The van der Waals surface area contributed by atoms with Crippen LogP contribution >= 0.6 is 0 Å². The van der Waals surface area contributed by atoms with Gasteiger partial charge < -0.3 is 13.6 Å².